The first-order chi connectivity index (χ1) is 9.66. The molecule has 1 aliphatic heterocycles. The van der Waals surface area contributed by atoms with Crippen molar-refractivity contribution >= 4 is 54.8 Å². The van der Waals surface area contributed by atoms with Crippen LogP contribution in [0.5, 0.6) is 0 Å². The number of hydrogen-bond donors (Lipinski definition) is 0. The SMILES string of the molecule is O=C(c1cc(Br)sc1Br)N1CCCCc2ccccc21. The average molecular weight is 415 g/mol. The first-order valence-electron chi connectivity index (χ1n) is 6.51. The van der Waals surface area contributed by atoms with Gasteiger partial charge in [-0.05, 0) is 68.8 Å². The van der Waals surface area contributed by atoms with Crippen molar-refractivity contribution in [2.24, 2.45) is 0 Å². The van der Waals surface area contributed by atoms with Crippen LogP contribution in [0.15, 0.2) is 37.9 Å². The number of halogens is 2. The summed E-state index contributed by atoms with van der Waals surface area (Å²) in [6, 6.07) is 10.1. The number of aryl methyl sites for hydroxylation is 1. The van der Waals surface area contributed by atoms with E-state index in [1.165, 1.54) is 16.9 Å². The zero-order chi connectivity index (χ0) is 14.1. The number of thiophene rings is 1. The molecule has 5 heteroatoms. The fraction of sp³-hybridized carbons (Fsp3) is 0.267. The number of para-hydroxylation sites is 1. The van der Waals surface area contributed by atoms with Crippen LogP contribution in [0.4, 0.5) is 5.69 Å². The Balaban J connectivity index is 2.01. The van der Waals surface area contributed by atoms with Gasteiger partial charge in [-0.2, -0.15) is 0 Å². The first kappa shape index (κ1) is 14.3. The molecule has 0 unspecified atom stereocenters. The van der Waals surface area contributed by atoms with Gasteiger partial charge in [0.1, 0.15) is 0 Å². The van der Waals surface area contributed by atoms with Gasteiger partial charge in [-0.25, -0.2) is 0 Å². The van der Waals surface area contributed by atoms with E-state index in [4.69, 9.17) is 0 Å². The molecule has 1 aromatic heterocycles. The Morgan fingerprint density at radius 1 is 1.20 bits per heavy atom. The summed E-state index contributed by atoms with van der Waals surface area (Å²) >= 11 is 8.46. The van der Waals surface area contributed by atoms with E-state index in [9.17, 15) is 4.79 Å². The number of rotatable bonds is 1. The fourth-order valence-corrected chi connectivity index (χ4v) is 5.31. The van der Waals surface area contributed by atoms with Gasteiger partial charge in [0.2, 0.25) is 0 Å². The molecule has 20 heavy (non-hydrogen) atoms. The van der Waals surface area contributed by atoms with Crippen LogP contribution in [0.1, 0.15) is 28.8 Å². The summed E-state index contributed by atoms with van der Waals surface area (Å²) in [6.07, 6.45) is 3.23. The van der Waals surface area contributed by atoms with Crippen LogP contribution in [0.2, 0.25) is 0 Å². The van der Waals surface area contributed by atoms with Crippen molar-refractivity contribution in [3.63, 3.8) is 0 Å². The summed E-state index contributed by atoms with van der Waals surface area (Å²) in [5.74, 6) is 0.0770. The molecule has 104 valence electrons. The molecule has 0 fully saturated rings. The molecule has 1 aromatic carbocycles. The van der Waals surface area contributed by atoms with Crippen molar-refractivity contribution in [1.82, 2.24) is 0 Å². The molecular weight excluding hydrogens is 402 g/mol. The third-order valence-corrected chi connectivity index (χ3v) is 5.83. The lowest BCUT2D eigenvalue weighted by atomic mass is 10.1. The molecule has 0 bridgehead atoms. The Hall–Kier alpha value is -0.650. The largest absolute Gasteiger partial charge is 0.308 e. The lowest BCUT2D eigenvalue weighted by Crippen LogP contribution is -2.31. The highest BCUT2D eigenvalue weighted by Gasteiger charge is 2.24. The Kier molecular flexibility index (Phi) is 4.29. The molecule has 0 aliphatic carbocycles. The van der Waals surface area contributed by atoms with Crippen molar-refractivity contribution in [3.05, 3.63) is 49.0 Å². The van der Waals surface area contributed by atoms with E-state index in [2.05, 4.69) is 37.9 Å². The normalized spacial score (nSPS) is 14.8. The van der Waals surface area contributed by atoms with Crippen molar-refractivity contribution < 1.29 is 4.79 Å². The van der Waals surface area contributed by atoms with E-state index in [0.29, 0.717) is 0 Å². The van der Waals surface area contributed by atoms with Gasteiger partial charge in [-0.3, -0.25) is 4.79 Å². The van der Waals surface area contributed by atoms with Crippen LogP contribution in [0.3, 0.4) is 0 Å². The van der Waals surface area contributed by atoms with E-state index >= 15 is 0 Å². The van der Waals surface area contributed by atoms with Gasteiger partial charge >= 0.3 is 0 Å². The lowest BCUT2D eigenvalue weighted by molar-refractivity contribution is 0.0986. The summed E-state index contributed by atoms with van der Waals surface area (Å²) in [6.45, 7) is 0.787. The van der Waals surface area contributed by atoms with E-state index in [-0.39, 0.29) is 5.91 Å². The summed E-state index contributed by atoms with van der Waals surface area (Å²) in [5, 5.41) is 0. The van der Waals surface area contributed by atoms with E-state index < -0.39 is 0 Å². The van der Waals surface area contributed by atoms with E-state index in [1.54, 1.807) is 0 Å². The lowest BCUT2D eigenvalue weighted by Gasteiger charge is -2.22. The number of carbonyl (C=O) groups excluding carboxylic acids is 1. The molecule has 0 saturated heterocycles. The summed E-state index contributed by atoms with van der Waals surface area (Å²) in [5.41, 5.74) is 3.06. The molecule has 0 spiro atoms. The quantitative estimate of drug-likeness (QED) is 0.623. The van der Waals surface area contributed by atoms with Crippen LogP contribution >= 0.6 is 43.2 Å². The van der Waals surface area contributed by atoms with Gasteiger partial charge in [-0.15, -0.1) is 11.3 Å². The molecule has 0 saturated carbocycles. The van der Waals surface area contributed by atoms with Crippen LogP contribution < -0.4 is 4.90 Å². The number of amides is 1. The Morgan fingerprint density at radius 2 is 2.00 bits per heavy atom. The second-order valence-corrected chi connectivity index (χ2v) is 8.53. The van der Waals surface area contributed by atoms with Crippen LogP contribution in [-0.2, 0) is 6.42 Å². The van der Waals surface area contributed by atoms with Crippen molar-refractivity contribution in [1.29, 1.82) is 0 Å². The van der Waals surface area contributed by atoms with E-state index in [0.717, 1.165) is 44.6 Å². The first-order valence-corrected chi connectivity index (χ1v) is 8.91. The smallest absolute Gasteiger partial charge is 0.260 e. The van der Waals surface area contributed by atoms with Crippen molar-refractivity contribution in [3.8, 4) is 0 Å². The summed E-state index contributed by atoms with van der Waals surface area (Å²) in [4.78, 5) is 14.7. The second-order valence-electron chi connectivity index (χ2n) is 4.78. The van der Waals surface area contributed by atoms with Gasteiger partial charge in [0.15, 0.2) is 0 Å². The molecule has 1 amide bonds. The third kappa shape index (κ3) is 2.71. The number of fused-ring (bicyclic) bond motifs is 1. The van der Waals surface area contributed by atoms with Crippen LogP contribution in [0.25, 0.3) is 0 Å². The minimum Gasteiger partial charge on any atom is -0.308 e. The maximum atomic E-state index is 12.8. The highest BCUT2D eigenvalue weighted by atomic mass is 79.9. The molecule has 2 heterocycles. The number of benzene rings is 1. The van der Waals surface area contributed by atoms with Crippen molar-refractivity contribution in [2.75, 3.05) is 11.4 Å². The van der Waals surface area contributed by atoms with Gasteiger partial charge in [0.25, 0.3) is 5.91 Å². The monoisotopic (exact) mass is 413 g/mol. The zero-order valence-electron chi connectivity index (χ0n) is 10.7. The Labute approximate surface area is 139 Å². The molecule has 1 aliphatic rings. The van der Waals surface area contributed by atoms with Gasteiger partial charge in [0, 0.05) is 12.2 Å². The molecule has 0 N–H and O–H groups in total. The molecular formula is C15H13Br2NOS. The van der Waals surface area contributed by atoms with Gasteiger partial charge < -0.3 is 4.90 Å². The molecule has 0 radical (unpaired) electrons. The predicted octanol–water partition coefficient (Wildman–Crippen LogP) is 5.26. The summed E-state index contributed by atoms with van der Waals surface area (Å²) in [7, 11) is 0. The van der Waals surface area contributed by atoms with Crippen LogP contribution in [0, 0.1) is 0 Å². The third-order valence-electron chi connectivity index (χ3n) is 3.49. The molecule has 0 atom stereocenters. The zero-order valence-corrected chi connectivity index (χ0v) is 14.7. The number of nitrogens with zero attached hydrogens (tertiary/aromatic N) is 1. The van der Waals surface area contributed by atoms with Gasteiger partial charge in [-0.1, -0.05) is 18.2 Å². The molecule has 3 rings (SSSR count). The average Bonchev–Trinajstić information content (AvgIpc) is 2.66. The maximum Gasteiger partial charge on any atom is 0.260 e. The molecule has 2 nitrogen and oxygen atoms in total. The van der Waals surface area contributed by atoms with Gasteiger partial charge in [0.05, 0.1) is 13.1 Å². The number of carbonyl (C=O) groups is 1. The Morgan fingerprint density at radius 3 is 2.75 bits per heavy atom. The standard InChI is InChI=1S/C15H13Br2NOS/c16-13-9-11(14(17)20-13)15(19)18-8-4-3-6-10-5-1-2-7-12(10)18/h1-2,5,7,9H,3-4,6,8H2. The summed E-state index contributed by atoms with van der Waals surface area (Å²) < 4.78 is 1.85. The van der Waals surface area contributed by atoms with Crippen molar-refractivity contribution in [2.45, 2.75) is 19.3 Å². The fourth-order valence-electron chi connectivity index (χ4n) is 2.53. The highest BCUT2D eigenvalue weighted by Crippen LogP contribution is 2.35. The molecule has 2 aromatic rings. The van der Waals surface area contributed by atoms with Crippen LogP contribution in [-0.4, -0.2) is 12.5 Å². The number of anilines is 1. The maximum absolute atomic E-state index is 12.8. The highest BCUT2D eigenvalue weighted by molar-refractivity contribution is 9.12. The topological polar surface area (TPSA) is 20.3 Å². The minimum absolute atomic E-state index is 0.0770. The number of hydrogen-bond acceptors (Lipinski definition) is 2. The van der Waals surface area contributed by atoms with E-state index in [1.807, 2.05) is 29.2 Å². The predicted molar refractivity (Wildman–Crippen MR) is 90.8 cm³/mol. The second kappa shape index (κ2) is 6.00. The minimum atomic E-state index is 0.0770. The Bertz CT molecular complexity index is 653.